The van der Waals surface area contributed by atoms with Gasteiger partial charge in [0.1, 0.15) is 23.6 Å². The fraction of sp³-hybridized carbons (Fsp3) is 0.105. The van der Waals surface area contributed by atoms with Gasteiger partial charge >= 0.3 is 0 Å². The van der Waals surface area contributed by atoms with E-state index in [9.17, 15) is 0 Å². The van der Waals surface area contributed by atoms with E-state index in [-0.39, 0.29) is 0 Å². The van der Waals surface area contributed by atoms with Gasteiger partial charge < -0.3 is 10.1 Å². The number of rotatable bonds is 4. The van der Waals surface area contributed by atoms with Crippen molar-refractivity contribution in [1.29, 1.82) is 0 Å². The summed E-state index contributed by atoms with van der Waals surface area (Å²) in [4.78, 5) is 8.67. The highest BCUT2D eigenvalue weighted by Crippen LogP contribution is 2.30. The van der Waals surface area contributed by atoms with Crippen LogP contribution in [0.15, 0.2) is 61.1 Å². The van der Waals surface area contributed by atoms with Crippen LogP contribution in [-0.2, 0) is 7.05 Å². The van der Waals surface area contributed by atoms with Gasteiger partial charge in [-0.25, -0.2) is 9.97 Å². The normalized spacial score (nSPS) is 10.8. The predicted octanol–water partition coefficient (Wildman–Crippen LogP) is 4.21. The van der Waals surface area contributed by atoms with Crippen molar-refractivity contribution in [3.63, 3.8) is 0 Å². The van der Waals surface area contributed by atoms with Crippen molar-refractivity contribution in [1.82, 2.24) is 19.7 Å². The Morgan fingerprint density at radius 2 is 1.92 bits per heavy atom. The van der Waals surface area contributed by atoms with Crippen molar-refractivity contribution in [2.24, 2.45) is 7.05 Å². The molecule has 0 radical (unpaired) electrons. The Kier molecular flexibility index (Phi) is 3.78. The lowest BCUT2D eigenvalue weighted by atomic mass is 10.2. The molecule has 0 fully saturated rings. The number of hydrogen-bond acceptors (Lipinski definition) is 5. The average molecular weight is 331 g/mol. The number of hydrogen-bond donors (Lipinski definition) is 1. The van der Waals surface area contributed by atoms with E-state index in [0.717, 1.165) is 33.8 Å². The van der Waals surface area contributed by atoms with Crippen LogP contribution in [0.25, 0.3) is 10.9 Å². The van der Waals surface area contributed by atoms with Gasteiger partial charge in [0, 0.05) is 24.7 Å². The van der Waals surface area contributed by atoms with E-state index in [1.165, 1.54) is 6.33 Å². The molecule has 124 valence electrons. The maximum atomic E-state index is 6.02. The standard InChI is InChI=1S/C19H17N5O/c1-13-5-3-4-6-17(13)25-14-7-8-16-15(11-14)19(21-12-20-16)22-18-9-10-24(2)23-18/h3-12H,1-2H3,(H,20,21,22,23). The largest absolute Gasteiger partial charge is 0.457 e. The Labute approximate surface area is 145 Å². The summed E-state index contributed by atoms with van der Waals surface area (Å²) in [5.74, 6) is 2.99. The zero-order valence-corrected chi connectivity index (χ0v) is 14.0. The molecule has 0 saturated carbocycles. The van der Waals surface area contributed by atoms with Crippen molar-refractivity contribution in [3.05, 3.63) is 66.6 Å². The first-order valence-electron chi connectivity index (χ1n) is 7.94. The molecular weight excluding hydrogens is 314 g/mol. The Hall–Kier alpha value is -3.41. The Balaban J connectivity index is 1.71. The summed E-state index contributed by atoms with van der Waals surface area (Å²) in [6, 6.07) is 15.6. The number of ether oxygens (including phenoxy) is 1. The molecule has 4 rings (SSSR count). The second-order valence-corrected chi connectivity index (χ2v) is 5.77. The molecule has 0 saturated heterocycles. The van der Waals surface area contributed by atoms with Crippen LogP contribution in [0, 0.1) is 6.92 Å². The number of aryl methyl sites for hydroxylation is 2. The van der Waals surface area contributed by atoms with Gasteiger partial charge in [0.25, 0.3) is 0 Å². The van der Waals surface area contributed by atoms with Crippen molar-refractivity contribution < 1.29 is 4.74 Å². The molecule has 4 aromatic rings. The Morgan fingerprint density at radius 1 is 1.04 bits per heavy atom. The lowest BCUT2D eigenvalue weighted by Crippen LogP contribution is -1.98. The topological polar surface area (TPSA) is 64.9 Å². The van der Waals surface area contributed by atoms with Gasteiger partial charge in [-0.05, 0) is 36.8 Å². The number of fused-ring (bicyclic) bond motifs is 1. The quantitative estimate of drug-likeness (QED) is 0.607. The molecule has 2 heterocycles. The second kappa shape index (κ2) is 6.24. The summed E-state index contributed by atoms with van der Waals surface area (Å²) < 4.78 is 7.76. The van der Waals surface area contributed by atoms with Crippen LogP contribution in [0.5, 0.6) is 11.5 Å². The maximum Gasteiger partial charge on any atom is 0.153 e. The van der Waals surface area contributed by atoms with Crippen molar-refractivity contribution >= 4 is 22.5 Å². The van der Waals surface area contributed by atoms with Gasteiger partial charge in [0.2, 0.25) is 0 Å². The van der Waals surface area contributed by atoms with Crippen LogP contribution in [-0.4, -0.2) is 19.7 Å². The van der Waals surface area contributed by atoms with Crippen LogP contribution in [0.3, 0.4) is 0 Å². The van der Waals surface area contributed by atoms with E-state index in [4.69, 9.17) is 4.74 Å². The van der Waals surface area contributed by atoms with Gasteiger partial charge in [-0.3, -0.25) is 4.68 Å². The summed E-state index contributed by atoms with van der Waals surface area (Å²) in [6.45, 7) is 2.02. The predicted molar refractivity (Wildman–Crippen MR) is 97.3 cm³/mol. The number of benzene rings is 2. The molecule has 2 aromatic carbocycles. The molecule has 6 heteroatoms. The molecule has 0 amide bonds. The molecule has 0 aliphatic carbocycles. The number of anilines is 2. The van der Waals surface area contributed by atoms with Gasteiger partial charge in [-0.1, -0.05) is 18.2 Å². The lowest BCUT2D eigenvalue weighted by Gasteiger charge is -2.10. The third-order valence-corrected chi connectivity index (χ3v) is 3.89. The van der Waals surface area contributed by atoms with Gasteiger partial charge in [0.05, 0.1) is 5.52 Å². The molecule has 2 aromatic heterocycles. The summed E-state index contributed by atoms with van der Waals surface area (Å²) >= 11 is 0. The molecule has 1 N–H and O–H groups in total. The van der Waals surface area contributed by atoms with Crippen molar-refractivity contribution in [3.8, 4) is 11.5 Å². The van der Waals surface area contributed by atoms with E-state index in [0.29, 0.717) is 5.82 Å². The molecular formula is C19H17N5O. The summed E-state index contributed by atoms with van der Waals surface area (Å²) in [5.41, 5.74) is 1.92. The number of aromatic nitrogens is 4. The van der Waals surface area contributed by atoms with Crippen LogP contribution in [0.4, 0.5) is 11.6 Å². The first-order chi connectivity index (χ1) is 12.2. The third kappa shape index (κ3) is 3.14. The fourth-order valence-corrected chi connectivity index (χ4v) is 2.60. The molecule has 0 spiro atoms. The van der Waals surface area contributed by atoms with E-state index in [1.54, 1.807) is 4.68 Å². The van der Waals surface area contributed by atoms with Crippen molar-refractivity contribution in [2.75, 3.05) is 5.32 Å². The number of nitrogens with zero attached hydrogens (tertiary/aromatic N) is 4. The smallest absolute Gasteiger partial charge is 0.153 e. The third-order valence-electron chi connectivity index (χ3n) is 3.89. The molecule has 0 aliphatic heterocycles. The Bertz CT molecular complexity index is 1040. The van der Waals surface area contributed by atoms with Gasteiger partial charge in [0.15, 0.2) is 5.82 Å². The van der Waals surface area contributed by atoms with Crippen LogP contribution in [0.2, 0.25) is 0 Å². The summed E-state index contributed by atoms with van der Waals surface area (Å²) in [7, 11) is 1.87. The lowest BCUT2D eigenvalue weighted by molar-refractivity contribution is 0.479. The molecule has 0 atom stereocenters. The van der Waals surface area contributed by atoms with Crippen LogP contribution in [0.1, 0.15) is 5.56 Å². The minimum Gasteiger partial charge on any atom is -0.457 e. The molecule has 25 heavy (non-hydrogen) atoms. The summed E-state index contributed by atoms with van der Waals surface area (Å²) in [5, 5.41) is 8.43. The molecule has 0 unspecified atom stereocenters. The monoisotopic (exact) mass is 331 g/mol. The van der Waals surface area contributed by atoms with Gasteiger partial charge in [-0.2, -0.15) is 5.10 Å². The van der Waals surface area contributed by atoms with E-state index in [2.05, 4.69) is 20.4 Å². The van der Waals surface area contributed by atoms with Crippen molar-refractivity contribution in [2.45, 2.75) is 6.92 Å². The average Bonchev–Trinajstić information content (AvgIpc) is 3.02. The fourth-order valence-electron chi connectivity index (χ4n) is 2.60. The number of para-hydroxylation sites is 1. The first-order valence-corrected chi connectivity index (χ1v) is 7.94. The maximum absolute atomic E-state index is 6.02. The number of nitrogens with one attached hydrogen (secondary N) is 1. The SMILES string of the molecule is Cc1ccccc1Oc1ccc2ncnc(Nc3ccn(C)n3)c2c1. The molecule has 0 aliphatic rings. The van der Waals surface area contributed by atoms with E-state index >= 15 is 0 Å². The van der Waals surface area contributed by atoms with Gasteiger partial charge in [-0.15, -0.1) is 0 Å². The highest BCUT2D eigenvalue weighted by atomic mass is 16.5. The summed E-state index contributed by atoms with van der Waals surface area (Å²) in [6.07, 6.45) is 3.41. The zero-order chi connectivity index (χ0) is 17.2. The van der Waals surface area contributed by atoms with Crippen LogP contribution < -0.4 is 10.1 Å². The highest BCUT2D eigenvalue weighted by Gasteiger charge is 2.08. The molecule has 0 bridgehead atoms. The highest BCUT2D eigenvalue weighted by molar-refractivity contribution is 5.91. The minimum absolute atomic E-state index is 0.693. The minimum atomic E-state index is 0.693. The van der Waals surface area contributed by atoms with Crippen LogP contribution >= 0.6 is 0 Å². The Morgan fingerprint density at radius 3 is 2.72 bits per heavy atom. The first kappa shape index (κ1) is 15.1. The molecule has 6 nitrogen and oxygen atoms in total. The second-order valence-electron chi connectivity index (χ2n) is 5.77. The van der Waals surface area contributed by atoms with E-state index in [1.807, 2.05) is 68.7 Å². The van der Waals surface area contributed by atoms with E-state index < -0.39 is 0 Å². The zero-order valence-electron chi connectivity index (χ0n) is 14.0.